The first kappa shape index (κ1) is 12.9. The fourth-order valence-electron chi connectivity index (χ4n) is 4.53. The lowest BCUT2D eigenvalue weighted by Gasteiger charge is -2.41. The summed E-state index contributed by atoms with van der Waals surface area (Å²) >= 11 is 6.25. The number of fused-ring (bicyclic) bond motifs is 2. The van der Waals surface area contributed by atoms with Gasteiger partial charge in [-0.3, -0.25) is 4.90 Å². The van der Waals surface area contributed by atoms with Crippen LogP contribution < -0.4 is 4.90 Å². The van der Waals surface area contributed by atoms with Gasteiger partial charge in [-0.1, -0.05) is 18.0 Å². The molecule has 1 aliphatic heterocycles. The molecule has 3 atom stereocenters. The van der Waals surface area contributed by atoms with E-state index in [4.69, 9.17) is 11.6 Å². The molecule has 108 valence electrons. The molecule has 2 heterocycles. The van der Waals surface area contributed by atoms with Gasteiger partial charge in [0, 0.05) is 38.4 Å². The van der Waals surface area contributed by atoms with Crippen molar-refractivity contribution < 1.29 is 0 Å². The lowest BCUT2D eigenvalue weighted by Crippen LogP contribution is -2.52. The number of halogens is 1. The van der Waals surface area contributed by atoms with Crippen LogP contribution in [0.3, 0.4) is 0 Å². The van der Waals surface area contributed by atoms with E-state index in [9.17, 15) is 0 Å². The summed E-state index contributed by atoms with van der Waals surface area (Å²) in [5, 5.41) is 0.779. The average molecular weight is 292 g/mol. The van der Waals surface area contributed by atoms with Gasteiger partial charge in [0.05, 0.1) is 5.02 Å². The van der Waals surface area contributed by atoms with Crippen LogP contribution in [0.15, 0.2) is 18.3 Å². The molecule has 4 heteroatoms. The molecule has 0 aromatic carbocycles. The van der Waals surface area contributed by atoms with E-state index in [2.05, 4.69) is 14.8 Å². The van der Waals surface area contributed by atoms with Gasteiger partial charge in [0.1, 0.15) is 5.82 Å². The highest BCUT2D eigenvalue weighted by Crippen LogP contribution is 2.46. The van der Waals surface area contributed by atoms with E-state index in [1.807, 2.05) is 18.3 Å². The second kappa shape index (κ2) is 5.19. The highest BCUT2D eigenvalue weighted by atomic mass is 35.5. The van der Waals surface area contributed by atoms with E-state index < -0.39 is 0 Å². The van der Waals surface area contributed by atoms with E-state index in [0.29, 0.717) is 0 Å². The van der Waals surface area contributed by atoms with Crippen LogP contribution in [0.1, 0.15) is 25.7 Å². The second-order valence-electron chi connectivity index (χ2n) is 6.57. The molecule has 2 saturated carbocycles. The van der Waals surface area contributed by atoms with Gasteiger partial charge >= 0.3 is 0 Å². The Labute approximate surface area is 125 Å². The maximum atomic E-state index is 6.25. The molecule has 20 heavy (non-hydrogen) atoms. The normalized spacial score (nSPS) is 33.9. The fourth-order valence-corrected chi connectivity index (χ4v) is 4.77. The quantitative estimate of drug-likeness (QED) is 0.835. The fraction of sp³-hybridized carbons (Fsp3) is 0.688. The summed E-state index contributed by atoms with van der Waals surface area (Å²) in [5.41, 5.74) is 0. The van der Waals surface area contributed by atoms with Crippen molar-refractivity contribution in [2.75, 3.05) is 31.1 Å². The molecule has 3 nitrogen and oxygen atoms in total. The van der Waals surface area contributed by atoms with Gasteiger partial charge in [-0.15, -0.1) is 0 Å². The molecule has 0 radical (unpaired) electrons. The Morgan fingerprint density at radius 3 is 2.60 bits per heavy atom. The van der Waals surface area contributed by atoms with Crippen LogP contribution in [0, 0.1) is 11.8 Å². The monoisotopic (exact) mass is 291 g/mol. The Morgan fingerprint density at radius 1 is 1.10 bits per heavy atom. The number of hydrogen-bond donors (Lipinski definition) is 0. The number of hydrogen-bond acceptors (Lipinski definition) is 3. The molecule has 2 bridgehead atoms. The van der Waals surface area contributed by atoms with Crippen molar-refractivity contribution in [1.29, 1.82) is 0 Å². The highest BCUT2D eigenvalue weighted by molar-refractivity contribution is 6.32. The Bertz CT molecular complexity index is 484. The Kier molecular flexibility index (Phi) is 3.35. The molecule has 4 rings (SSSR count). The average Bonchev–Trinajstić information content (AvgIpc) is 3.11. The predicted octanol–water partition coefficient (Wildman–Crippen LogP) is 3.05. The maximum absolute atomic E-state index is 6.25. The van der Waals surface area contributed by atoms with Gasteiger partial charge in [-0.05, 0) is 43.2 Å². The molecule has 0 spiro atoms. The summed E-state index contributed by atoms with van der Waals surface area (Å²) in [4.78, 5) is 9.51. The first-order valence-corrected chi connectivity index (χ1v) is 8.28. The minimum absolute atomic E-state index is 0.779. The molecular formula is C16H22ClN3. The Balaban J connectivity index is 1.40. The second-order valence-corrected chi connectivity index (χ2v) is 6.98. The van der Waals surface area contributed by atoms with Gasteiger partial charge < -0.3 is 4.90 Å². The van der Waals surface area contributed by atoms with Crippen molar-refractivity contribution in [2.24, 2.45) is 11.8 Å². The van der Waals surface area contributed by atoms with Gasteiger partial charge in [-0.2, -0.15) is 0 Å². The number of anilines is 1. The molecule has 1 aromatic rings. The van der Waals surface area contributed by atoms with Gasteiger partial charge in [0.25, 0.3) is 0 Å². The van der Waals surface area contributed by atoms with Gasteiger partial charge in [-0.25, -0.2) is 4.98 Å². The summed E-state index contributed by atoms with van der Waals surface area (Å²) in [6.07, 6.45) is 7.75. The third kappa shape index (κ3) is 2.21. The standard InChI is InChI=1S/C16H22ClN3/c17-14-2-1-5-18-16(14)20-8-6-19(7-9-20)15-11-12-3-4-13(15)10-12/h1-2,5,12-13,15H,3-4,6-11H2. The van der Waals surface area contributed by atoms with Crippen LogP contribution in [0.25, 0.3) is 0 Å². The molecule has 3 unspecified atom stereocenters. The van der Waals surface area contributed by atoms with Gasteiger partial charge in [0.15, 0.2) is 0 Å². The first-order chi connectivity index (χ1) is 9.81. The van der Waals surface area contributed by atoms with E-state index in [1.165, 1.54) is 38.8 Å². The third-order valence-electron chi connectivity index (χ3n) is 5.52. The lowest BCUT2D eigenvalue weighted by molar-refractivity contribution is 0.134. The molecule has 2 aliphatic carbocycles. The summed E-state index contributed by atoms with van der Waals surface area (Å²) in [6, 6.07) is 4.71. The van der Waals surface area contributed by atoms with Crippen LogP contribution in [0.2, 0.25) is 5.02 Å². The van der Waals surface area contributed by atoms with Crippen molar-refractivity contribution in [3.05, 3.63) is 23.4 Å². The zero-order chi connectivity index (χ0) is 13.5. The van der Waals surface area contributed by atoms with Crippen molar-refractivity contribution >= 4 is 17.4 Å². The Morgan fingerprint density at radius 2 is 1.95 bits per heavy atom. The smallest absolute Gasteiger partial charge is 0.147 e. The van der Waals surface area contributed by atoms with E-state index in [-0.39, 0.29) is 0 Å². The zero-order valence-electron chi connectivity index (χ0n) is 11.8. The largest absolute Gasteiger partial charge is 0.353 e. The number of piperazine rings is 1. The minimum Gasteiger partial charge on any atom is -0.353 e. The van der Waals surface area contributed by atoms with Crippen molar-refractivity contribution in [1.82, 2.24) is 9.88 Å². The molecule has 3 aliphatic rings. The molecule has 0 amide bonds. The molecule has 1 saturated heterocycles. The predicted molar refractivity (Wildman–Crippen MR) is 82.3 cm³/mol. The molecule has 1 aromatic heterocycles. The van der Waals surface area contributed by atoms with Crippen LogP contribution in [-0.2, 0) is 0 Å². The maximum Gasteiger partial charge on any atom is 0.147 e. The Hall–Kier alpha value is -0.800. The number of aromatic nitrogens is 1. The summed E-state index contributed by atoms with van der Waals surface area (Å²) in [5.74, 6) is 2.99. The molecule has 0 N–H and O–H groups in total. The van der Waals surface area contributed by atoms with Crippen LogP contribution in [-0.4, -0.2) is 42.1 Å². The highest BCUT2D eigenvalue weighted by Gasteiger charge is 2.42. The van der Waals surface area contributed by atoms with E-state index >= 15 is 0 Å². The summed E-state index contributed by atoms with van der Waals surface area (Å²) in [7, 11) is 0. The minimum atomic E-state index is 0.779. The number of pyridine rings is 1. The molecular weight excluding hydrogens is 270 g/mol. The lowest BCUT2D eigenvalue weighted by atomic mass is 9.93. The third-order valence-corrected chi connectivity index (χ3v) is 5.82. The van der Waals surface area contributed by atoms with Crippen LogP contribution >= 0.6 is 11.6 Å². The topological polar surface area (TPSA) is 19.4 Å². The number of nitrogens with zero attached hydrogens (tertiary/aromatic N) is 3. The SMILES string of the molecule is Clc1cccnc1N1CCN(C2CC3CCC2C3)CC1. The van der Waals surface area contributed by atoms with Crippen molar-refractivity contribution in [2.45, 2.75) is 31.7 Å². The van der Waals surface area contributed by atoms with Crippen molar-refractivity contribution in [3.8, 4) is 0 Å². The van der Waals surface area contributed by atoms with Gasteiger partial charge in [0.2, 0.25) is 0 Å². The summed E-state index contributed by atoms with van der Waals surface area (Å²) in [6.45, 7) is 4.46. The van der Waals surface area contributed by atoms with Crippen LogP contribution in [0.4, 0.5) is 5.82 Å². The van der Waals surface area contributed by atoms with E-state index in [0.717, 1.165) is 41.8 Å². The summed E-state index contributed by atoms with van der Waals surface area (Å²) < 4.78 is 0. The van der Waals surface area contributed by atoms with Crippen LogP contribution in [0.5, 0.6) is 0 Å². The molecule has 3 fully saturated rings. The van der Waals surface area contributed by atoms with Crippen molar-refractivity contribution in [3.63, 3.8) is 0 Å². The zero-order valence-corrected chi connectivity index (χ0v) is 12.6. The first-order valence-electron chi connectivity index (χ1n) is 7.91. The van der Waals surface area contributed by atoms with E-state index in [1.54, 1.807) is 0 Å². The number of rotatable bonds is 2.